The zero-order valence-corrected chi connectivity index (χ0v) is 12.3. The minimum atomic E-state index is 0.530. The summed E-state index contributed by atoms with van der Waals surface area (Å²) < 4.78 is 5.90. The van der Waals surface area contributed by atoms with E-state index in [0.29, 0.717) is 12.5 Å². The summed E-state index contributed by atoms with van der Waals surface area (Å²) in [6.07, 6.45) is 2.62. The van der Waals surface area contributed by atoms with Crippen LogP contribution >= 0.6 is 0 Å². The van der Waals surface area contributed by atoms with Crippen molar-refractivity contribution in [2.24, 2.45) is 0 Å². The molecule has 1 fully saturated rings. The van der Waals surface area contributed by atoms with Crippen LogP contribution in [-0.2, 0) is 0 Å². The Labute approximate surface area is 116 Å². The van der Waals surface area contributed by atoms with Gasteiger partial charge in [-0.2, -0.15) is 0 Å². The Kier molecular flexibility index (Phi) is 4.65. The monoisotopic (exact) mass is 259 g/mol. The van der Waals surface area contributed by atoms with E-state index in [4.69, 9.17) is 4.74 Å². The fraction of sp³-hybridized carbons (Fsp3) is 0.529. The first kappa shape index (κ1) is 14.1. The molecule has 0 spiro atoms. The van der Waals surface area contributed by atoms with Crippen molar-refractivity contribution in [2.45, 2.75) is 45.6 Å². The summed E-state index contributed by atoms with van der Waals surface area (Å²) in [6.45, 7) is 12.0. The number of rotatable bonds is 7. The lowest BCUT2D eigenvalue weighted by Crippen LogP contribution is -2.21. The van der Waals surface area contributed by atoms with Crippen LogP contribution in [0.1, 0.15) is 43.7 Å². The van der Waals surface area contributed by atoms with Gasteiger partial charge in [0.05, 0.1) is 0 Å². The molecular weight excluding hydrogens is 234 g/mol. The molecule has 0 saturated heterocycles. The fourth-order valence-corrected chi connectivity index (χ4v) is 1.94. The second-order valence-corrected chi connectivity index (χ2v) is 5.87. The molecule has 2 nitrogen and oxygen atoms in total. The van der Waals surface area contributed by atoms with Gasteiger partial charge in [0.25, 0.3) is 0 Å². The first-order valence-corrected chi connectivity index (χ1v) is 7.19. The minimum absolute atomic E-state index is 0.530. The smallest absolute Gasteiger partial charge is 0.122 e. The zero-order valence-electron chi connectivity index (χ0n) is 12.3. The van der Waals surface area contributed by atoms with Gasteiger partial charge in [-0.1, -0.05) is 32.6 Å². The highest BCUT2D eigenvalue weighted by Gasteiger charge is 2.20. The molecule has 0 bridgehead atoms. The third-order valence-electron chi connectivity index (χ3n) is 3.53. The molecule has 0 atom stereocenters. The van der Waals surface area contributed by atoms with Gasteiger partial charge in [0.15, 0.2) is 0 Å². The van der Waals surface area contributed by atoms with Crippen LogP contribution in [0.15, 0.2) is 30.4 Å². The van der Waals surface area contributed by atoms with Gasteiger partial charge in [-0.25, -0.2) is 0 Å². The summed E-state index contributed by atoms with van der Waals surface area (Å²) in [5.41, 5.74) is 3.62. The third-order valence-corrected chi connectivity index (χ3v) is 3.53. The molecule has 1 saturated carbocycles. The minimum Gasteiger partial charge on any atom is -0.489 e. The lowest BCUT2D eigenvalue weighted by atomic mass is 10.0. The van der Waals surface area contributed by atoms with Gasteiger partial charge in [-0.15, -0.1) is 0 Å². The largest absolute Gasteiger partial charge is 0.489 e. The van der Waals surface area contributed by atoms with Crippen molar-refractivity contribution >= 4 is 0 Å². The number of benzene rings is 1. The molecule has 104 valence electrons. The maximum absolute atomic E-state index is 5.90. The van der Waals surface area contributed by atoms with Crippen LogP contribution in [-0.4, -0.2) is 19.2 Å². The summed E-state index contributed by atoms with van der Waals surface area (Å²) in [6, 6.07) is 7.19. The maximum Gasteiger partial charge on any atom is 0.122 e. The molecule has 2 heteroatoms. The van der Waals surface area contributed by atoms with Gasteiger partial charge >= 0.3 is 0 Å². The summed E-state index contributed by atoms with van der Waals surface area (Å²) in [5, 5.41) is 3.46. The second-order valence-electron chi connectivity index (χ2n) is 5.87. The van der Waals surface area contributed by atoms with Crippen LogP contribution < -0.4 is 10.1 Å². The number of nitrogens with one attached hydrogen (secondary N) is 1. The first-order chi connectivity index (χ1) is 9.06. The van der Waals surface area contributed by atoms with E-state index in [0.717, 1.165) is 23.9 Å². The van der Waals surface area contributed by atoms with Crippen LogP contribution in [0.4, 0.5) is 0 Å². The summed E-state index contributed by atoms with van der Waals surface area (Å²) in [4.78, 5) is 0. The summed E-state index contributed by atoms with van der Waals surface area (Å²) >= 11 is 0. The van der Waals surface area contributed by atoms with Crippen LogP contribution in [0.3, 0.4) is 0 Å². The second kappa shape index (κ2) is 6.25. The van der Waals surface area contributed by atoms with Crippen LogP contribution in [0.2, 0.25) is 0 Å². The van der Waals surface area contributed by atoms with Crippen molar-refractivity contribution in [2.75, 3.05) is 13.2 Å². The van der Waals surface area contributed by atoms with Crippen molar-refractivity contribution in [3.8, 4) is 5.75 Å². The van der Waals surface area contributed by atoms with Crippen LogP contribution in [0.25, 0.3) is 0 Å². The Bertz CT molecular complexity index is 447. The normalized spacial score (nSPS) is 14.7. The lowest BCUT2D eigenvalue weighted by molar-refractivity contribution is 0.345. The molecule has 0 radical (unpaired) electrons. The van der Waals surface area contributed by atoms with Gasteiger partial charge in [0.1, 0.15) is 12.4 Å². The van der Waals surface area contributed by atoms with E-state index in [-0.39, 0.29) is 0 Å². The van der Waals surface area contributed by atoms with Gasteiger partial charge in [0.2, 0.25) is 0 Å². The lowest BCUT2D eigenvalue weighted by Gasteiger charge is -2.14. The van der Waals surface area contributed by atoms with Crippen molar-refractivity contribution in [1.29, 1.82) is 0 Å². The zero-order chi connectivity index (χ0) is 13.8. The van der Waals surface area contributed by atoms with E-state index in [1.807, 2.05) is 0 Å². The number of hydrogen-bond acceptors (Lipinski definition) is 2. The molecule has 1 N–H and O–H groups in total. The molecule has 0 heterocycles. The predicted molar refractivity (Wildman–Crippen MR) is 80.9 cm³/mol. The van der Waals surface area contributed by atoms with Gasteiger partial charge in [0, 0.05) is 12.6 Å². The highest BCUT2D eigenvalue weighted by Crippen LogP contribution is 2.24. The number of aryl methyl sites for hydroxylation is 1. The molecule has 1 aliphatic carbocycles. The molecule has 1 aromatic rings. The van der Waals surface area contributed by atoms with E-state index in [1.165, 1.54) is 24.0 Å². The summed E-state index contributed by atoms with van der Waals surface area (Å²) in [7, 11) is 0. The predicted octanol–water partition coefficient (Wildman–Crippen LogP) is 3.81. The molecule has 2 rings (SSSR count). The maximum atomic E-state index is 5.90. The van der Waals surface area contributed by atoms with Gasteiger partial charge in [-0.3, -0.25) is 0 Å². The van der Waals surface area contributed by atoms with Crippen LogP contribution in [0, 0.1) is 6.92 Å². The topological polar surface area (TPSA) is 21.3 Å². The van der Waals surface area contributed by atoms with Crippen molar-refractivity contribution < 1.29 is 4.74 Å². The number of ether oxygens (including phenoxy) is 1. The third kappa shape index (κ3) is 4.39. The molecule has 0 unspecified atom stereocenters. The van der Waals surface area contributed by atoms with Crippen molar-refractivity contribution in [3.63, 3.8) is 0 Å². The first-order valence-electron chi connectivity index (χ1n) is 7.19. The molecule has 0 aliphatic heterocycles. The van der Waals surface area contributed by atoms with E-state index in [9.17, 15) is 0 Å². The van der Waals surface area contributed by atoms with Crippen molar-refractivity contribution in [1.82, 2.24) is 5.32 Å². The Morgan fingerprint density at radius 1 is 1.42 bits per heavy atom. The van der Waals surface area contributed by atoms with Gasteiger partial charge < -0.3 is 10.1 Å². The standard InChI is InChI=1S/C17H25NO/c1-12(2)15-6-5-14(4)17(9-15)19-11-13(3)10-18-16-7-8-16/h5-6,9,12,16,18H,3,7-8,10-11H2,1-2,4H3. The van der Waals surface area contributed by atoms with E-state index < -0.39 is 0 Å². The highest BCUT2D eigenvalue weighted by atomic mass is 16.5. The summed E-state index contributed by atoms with van der Waals surface area (Å²) in [5.74, 6) is 1.52. The molecular formula is C17H25NO. The van der Waals surface area contributed by atoms with Crippen molar-refractivity contribution in [3.05, 3.63) is 41.5 Å². The Morgan fingerprint density at radius 2 is 2.16 bits per heavy atom. The highest BCUT2D eigenvalue weighted by molar-refractivity contribution is 5.38. The fourth-order valence-electron chi connectivity index (χ4n) is 1.94. The molecule has 1 aliphatic rings. The van der Waals surface area contributed by atoms with E-state index in [1.54, 1.807) is 0 Å². The van der Waals surface area contributed by atoms with E-state index in [2.05, 4.69) is 50.9 Å². The Morgan fingerprint density at radius 3 is 2.79 bits per heavy atom. The van der Waals surface area contributed by atoms with Crippen LogP contribution in [0.5, 0.6) is 5.75 Å². The Hall–Kier alpha value is -1.28. The van der Waals surface area contributed by atoms with E-state index >= 15 is 0 Å². The average molecular weight is 259 g/mol. The van der Waals surface area contributed by atoms with Gasteiger partial charge in [-0.05, 0) is 48.4 Å². The molecule has 19 heavy (non-hydrogen) atoms. The SMILES string of the molecule is C=C(CNC1CC1)COc1cc(C(C)C)ccc1C. The Balaban J connectivity index is 1.86. The molecule has 0 amide bonds. The molecule has 0 aromatic heterocycles. The average Bonchev–Trinajstić information content (AvgIpc) is 3.19. The molecule has 1 aromatic carbocycles. The number of hydrogen-bond donors (Lipinski definition) is 1. The quantitative estimate of drug-likeness (QED) is 0.752.